The number of hydrogen-bond donors (Lipinski definition) is 0. The quantitative estimate of drug-likeness (QED) is 0.722. The zero-order chi connectivity index (χ0) is 12.6. The van der Waals surface area contributed by atoms with Crippen molar-refractivity contribution in [3.05, 3.63) is 28.3 Å². The molecule has 1 aliphatic heterocycles. The first-order chi connectivity index (χ1) is 7.93. The predicted octanol–water partition coefficient (Wildman–Crippen LogP) is 3.23. The summed E-state index contributed by atoms with van der Waals surface area (Å²) in [5.41, 5.74) is 1.11. The van der Waals surface area contributed by atoms with E-state index in [1.54, 1.807) is 6.07 Å². The molecule has 0 amide bonds. The molecule has 92 valence electrons. The van der Waals surface area contributed by atoms with Crippen molar-refractivity contribution in [2.24, 2.45) is 0 Å². The second kappa shape index (κ2) is 4.22. The molecular weight excluding hydrogens is 240 g/mol. The third-order valence-electron chi connectivity index (χ3n) is 2.91. The Kier molecular flexibility index (Phi) is 3.04. The number of ether oxygens (including phenoxy) is 2. The second-order valence-electron chi connectivity index (χ2n) is 4.79. The molecule has 0 saturated carbocycles. The maximum Gasteiger partial charge on any atom is 0.341 e. The van der Waals surface area contributed by atoms with E-state index in [9.17, 15) is 4.79 Å². The largest absolute Gasteiger partial charge is 0.487 e. The molecule has 1 aliphatic rings. The first-order valence-corrected chi connectivity index (χ1v) is 5.90. The highest BCUT2D eigenvalue weighted by Crippen LogP contribution is 2.38. The van der Waals surface area contributed by atoms with Gasteiger partial charge >= 0.3 is 5.97 Å². The van der Waals surface area contributed by atoms with E-state index in [1.807, 2.05) is 19.9 Å². The van der Waals surface area contributed by atoms with Gasteiger partial charge in [-0.05, 0) is 44.4 Å². The third kappa shape index (κ3) is 2.39. The molecule has 0 saturated heterocycles. The molecule has 1 heterocycles. The summed E-state index contributed by atoms with van der Waals surface area (Å²) >= 11 is 5.99. The molecule has 0 spiro atoms. The minimum atomic E-state index is -0.415. The molecule has 0 radical (unpaired) electrons. The highest BCUT2D eigenvalue weighted by molar-refractivity contribution is 6.31. The lowest BCUT2D eigenvalue weighted by Gasteiger charge is -2.33. The Hall–Kier alpha value is -1.22. The van der Waals surface area contributed by atoms with E-state index in [0.29, 0.717) is 16.3 Å². The van der Waals surface area contributed by atoms with Crippen LogP contribution in [0.3, 0.4) is 0 Å². The molecule has 0 bridgehead atoms. The third-order valence-corrected chi connectivity index (χ3v) is 3.13. The van der Waals surface area contributed by atoms with Crippen LogP contribution in [0.5, 0.6) is 5.75 Å². The molecular formula is C13H15ClO3. The lowest BCUT2D eigenvalue weighted by atomic mass is 9.93. The van der Waals surface area contributed by atoms with Gasteiger partial charge in [0.05, 0.1) is 7.11 Å². The molecule has 0 aliphatic carbocycles. The van der Waals surface area contributed by atoms with Crippen molar-refractivity contribution in [2.45, 2.75) is 32.3 Å². The Morgan fingerprint density at radius 1 is 1.47 bits per heavy atom. The molecule has 1 aromatic rings. The average Bonchev–Trinajstić information content (AvgIpc) is 2.27. The standard InChI is InChI=1S/C13H15ClO3/c1-13(2)5-4-8-6-9(14)7-10(11(8)17-13)12(15)16-3/h6-7H,4-5H2,1-3H3. The molecule has 0 fully saturated rings. The molecule has 2 rings (SSSR count). The normalized spacial score (nSPS) is 16.9. The molecule has 0 unspecified atom stereocenters. The Balaban J connectivity index is 2.53. The van der Waals surface area contributed by atoms with E-state index in [0.717, 1.165) is 18.4 Å². The van der Waals surface area contributed by atoms with E-state index >= 15 is 0 Å². The Morgan fingerprint density at radius 3 is 2.82 bits per heavy atom. The van der Waals surface area contributed by atoms with E-state index in [4.69, 9.17) is 21.1 Å². The monoisotopic (exact) mass is 254 g/mol. The summed E-state index contributed by atoms with van der Waals surface area (Å²) < 4.78 is 10.6. The zero-order valence-electron chi connectivity index (χ0n) is 10.2. The molecule has 0 aromatic heterocycles. The summed E-state index contributed by atoms with van der Waals surface area (Å²) in [6.45, 7) is 4.01. The molecule has 1 aromatic carbocycles. The lowest BCUT2D eigenvalue weighted by molar-refractivity contribution is 0.0561. The molecule has 3 nitrogen and oxygen atoms in total. The average molecular weight is 255 g/mol. The molecule has 0 atom stereocenters. The molecule has 17 heavy (non-hydrogen) atoms. The smallest absolute Gasteiger partial charge is 0.341 e. The maximum atomic E-state index is 11.7. The predicted molar refractivity (Wildman–Crippen MR) is 65.8 cm³/mol. The van der Waals surface area contributed by atoms with Crippen LogP contribution in [0, 0.1) is 0 Å². The van der Waals surface area contributed by atoms with Crippen LogP contribution < -0.4 is 4.74 Å². The van der Waals surface area contributed by atoms with Crippen LogP contribution in [0.25, 0.3) is 0 Å². The minimum Gasteiger partial charge on any atom is -0.487 e. The van der Waals surface area contributed by atoms with E-state index in [1.165, 1.54) is 7.11 Å². The topological polar surface area (TPSA) is 35.5 Å². The van der Waals surface area contributed by atoms with Gasteiger partial charge in [0, 0.05) is 5.02 Å². The number of carbonyl (C=O) groups is 1. The number of esters is 1. The van der Waals surface area contributed by atoms with E-state index < -0.39 is 5.97 Å². The summed E-state index contributed by atoms with van der Waals surface area (Å²) in [4.78, 5) is 11.7. The van der Waals surface area contributed by atoms with Gasteiger partial charge in [0.2, 0.25) is 0 Å². The van der Waals surface area contributed by atoms with Gasteiger partial charge in [-0.3, -0.25) is 0 Å². The number of carbonyl (C=O) groups excluding carboxylic acids is 1. The maximum absolute atomic E-state index is 11.7. The van der Waals surface area contributed by atoms with Crippen molar-refractivity contribution in [1.29, 1.82) is 0 Å². The first kappa shape index (κ1) is 12.2. The van der Waals surface area contributed by atoms with Gasteiger partial charge in [-0.25, -0.2) is 4.79 Å². The van der Waals surface area contributed by atoms with Crippen molar-refractivity contribution >= 4 is 17.6 Å². The number of fused-ring (bicyclic) bond motifs is 1. The lowest BCUT2D eigenvalue weighted by Crippen LogP contribution is -2.33. The fourth-order valence-corrected chi connectivity index (χ4v) is 2.22. The number of benzene rings is 1. The Bertz CT molecular complexity index is 466. The SMILES string of the molecule is COC(=O)c1cc(Cl)cc2c1OC(C)(C)CC2. The van der Waals surface area contributed by atoms with Gasteiger partial charge in [0.1, 0.15) is 16.9 Å². The Morgan fingerprint density at radius 2 is 2.18 bits per heavy atom. The zero-order valence-corrected chi connectivity index (χ0v) is 10.9. The van der Waals surface area contributed by atoms with Crippen LogP contribution in [0.4, 0.5) is 0 Å². The van der Waals surface area contributed by atoms with Gasteiger partial charge < -0.3 is 9.47 Å². The number of methoxy groups -OCH3 is 1. The van der Waals surface area contributed by atoms with Crippen LogP contribution in [0.15, 0.2) is 12.1 Å². The van der Waals surface area contributed by atoms with E-state index in [-0.39, 0.29) is 5.60 Å². The van der Waals surface area contributed by atoms with E-state index in [2.05, 4.69) is 0 Å². The summed E-state index contributed by atoms with van der Waals surface area (Å²) in [5, 5.41) is 0.535. The van der Waals surface area contributed by atoms with Crippen molar-refractivity contribution in [3.63, 3.8) is 0 Å². The van der Waals surface area contributed by atoms with Crippen LogP contribution in [0.1, 0.15) is 36.2 Å². The highest BCUT2D eigenvalue weighted by atomic mass is 35.5. The van der Waals surface area contributed by atoms with Crippen molar-refractivity contribution in [2.75, 3.05) is 7.11 Å². The summed E-state index contributed by atoms with van der Waals surface area (Å²) in [5.74, 6) is 0.193. The van der Waals surface area contributed by atoms with Crippen LogP contribution >= 0.6 is 11.6 Å². The van der Waals surface area contributed by atoms with Crippen molar-refractivity contribution in [1.82, 2.24) is 0 Å². The van der Waals surface area contributed by atoms with Gasteiger partial charge in [0.25, 0.3) is 0 Å². The number of aryl methyl sites for hydroxylation is 1. The van der Waals surface area contributed by atoms with Crippen LogP contribution in [-0.2, 0) is 11.2 Å². The summed E-state index contributed by atoms with van der Waals surface area (Å²) in [6.07, 6.45) is 1.76. The van der Waals surface area contributed by atoms with Gasteiger partial charge in [-0.15, -0.1) is 0 Å². The molecule has 0 N–H and O–H groups in total. The van der Waals surface area contributed by atoms with Gasteiger partial charge in [-0.2, -0.15) is 0 Å². The number of hydrogen-bond acceptors (Lipinski definition) is 3. The number of halogens is 1. The van der Waals surface area contributed by atoms with Crippen molar-refractivity contribution in [3.8, 4) is 5.75 Å². The van der Waals surface area contributed by atoms with Crippen LogP contribution in [0.2, 0.25) is 5.02 Å². The highest BCUT2D eigenvalue weighted by Gasteiger charge is 2.30. The fraction of sp³-hybridized carbons (Fsp3) is 0.462. The van der Waals surface area contributed by atoms with Gasteiger partial charge in [0.15, 0.2) is 0 Å². The first-order valence-electron chi connectivity index (χ1n) is 5.53. The van der Waals surface area contributed by atoms with Crippen LogP contribution in [-0.4, -0.2) is 18.7 Å². The summed E-state index contributed by atoms with van der Waals surface area (Å²) in [7, 11) is 1.35. The summed E-state index contributed by atoms with van der Waals surface area (Å²) in [6, 6.07) is 3.44. The molecule has 4 heteroatoms. The fourth-order valence-electron chi connectivity index (χ4n) is 1.98. The second-order valence-corrected chi connectivity index (χ2v) is 5.23. The number of rotatable bonds is 1. The van der Waals surface area contributed by atoms with Crippen molar-refractivity contribution < 1.29 is 14.3 Å². The Labute approximate surface area is 106 Å². The van der Waals surface area contributed by atoms with Gasteiger partial charge in [-0.1, -0.05) is 11.6 Å². The minimum absolute atomic E-state index is 0.260.